The van der Waals surface area contributed by atoms with Gasteiger partial charge in [0.1, 0.15) is 0 Å². The topological polar surface area (TPSA) is 31.0 Å². The highest BCUT2D eigenvalue weighted by molar-refractivity contribution is 6.44. The summed E-state index contributed by atoms with van der Waals surface area (Å²) in [5, 5.41) is 0. The first kappa shape index (κ1) is 15.5. The summed E-state index contributed by atoms with van der Waals surface area (Å²) >= 11 is 0. The van der Waals surface area contributed by atoms with Gasteiger partial charge in [0.15, 0.2) is 0 Å². The van der Waals surface area contributed by atoms with Crippen molar-refractivity contribution in [1.29, 1.82) is 0 Å². The second-order valence-corrected chi connectivity index (χ2v) is 8.04. The predicted octanol–water partition coefficient (Wildman–Crippen LogP) is 3.41. The molecule has 0 N–H and O–H groups in total. The standard InChI is InChI=1S/C15H30O3Si/c1-3-10-16-19(17-11-4-2)12-6-8-13-7-5-9-14-15(13)18-14/h13-15,19H,3-12H2,1-2H3. The van der Waals surface area contributed by atoms with Crippen LogP contribution in [0.3, 0.4) is 0 Å². The van der Waals surface area contributed by atoms with Gasteiger partial charge in [0.05, 0.1) is 12.2 Å². The van der Waals surface area contributed by atoms with Crippen LogP contribution in [0.5, 0.6) is 0 Å². The molecule has 112 valence electrons. The van der Waals surface area contributed by atoms with Crippen LogP contribution in [-0.2, 0) is 13.6 Å². The molecule has 0 spiro atoms. The molecule has 0 bridgehead atoms. The first-order chi connectivity index (χ1) is 9.35. The summed E-state index contributed by atoms with van der Waals surface area (Å²) in [6.45, 7) is 6.07. The second-order valence-electron chi connectivity index (χ2n) is 5.93. The van der Waals surface area contributed by atoms with E-state index < -0.39 is 9.28 Å². The van der Waals surface area contributed by atoms with Gasteiger partial charge in [0.2, 0.25) is 0 Å². The quantitative estimate of drug-likeness (QED) is 0.455. The third kappa shape index (κ3) is 5.18. The summed E-state index contributed by atoms with van der Waals surface area (Å²) in [6.07, 6.45) is 10.1. The zero-order valence-electron chi connectivity index (χ0n) is 12.6. The molecule has 1 saturated carbocycles. The molecular formula is C15H30O3Si. The lowest BCUT2D eigenvalue weighted by atomic mass is 9.86. The van der Waals surface area contributed by atoms with Crippen molar-refractivity contribution in [2.45, 2.75) is 77.0 Å². The van der Waals surface area contributed by atoms with Gasteiger partial charge in [-0.05, 0) is 44.1 Å². The molecule has 1 aliphatic heterocycles. The molecule has 2 rings (SSSR count). The number of fused-ring (bicyclic) bond motifs is 1. The van der Waals surface area contributed by atoms with Gasteiger partial charge < -0.3 is 13.6 Å². The number of hydrogen-bond acceptors (Lipinski definition) is 3. The molecular weight excluding hydrogens is 256 g/mol. The minimum Gasteiger partial charge on any atom is -0.397 e. The molecule has 0 aromatic rings. The van der Waals surface area contributed by atoms with Gasteiger partial charge >= 0.3 is 9.28 Å². The van der Waals surface area contributed by atoms with Crippen LogP contribution in [0.25, 0.3) is 0 Å². The van der Waals surface area contributed by atoms with Gasteiger partial charge in [-0.2, -0.15) is 0 Å². The molecule has 1 heterocycles. The Morgan fingerprint density at radius 2 is 1.84 bits per heavy atom. The minimum atomic E-state index is -1.39. The van der Waals surface area contributed by atoms with E-state index in [0.29, 0.717) is 12.2 Å². The maximum atomic E-state index is 5.91. The highest BCUT2D eigenvalue weighted by Crippen LogP contribution is 2.42. The van der Waals surface area contributed by atoms with E-state index in [-0.39, 0.29) is 0 Å². The minimum absolute atomic E-state index is 0.613. The average molecular weight is 286 g/mol. The highest BCUT2D eigenvalue weighted by atomic mass is 28.3. The van der Waals surface area contributed by atoms with Gasteiger partial charge in [-0.25, -0.2) is 0 Å². The van der Waals surface area contributed by atoms with Crippen molar-refractivity contribution < 1.29 is 13.6 Å². The van der Waals surface area contributed by atoms with Crippen molar-refractivity contribution in [2.75, 3.05) is 13.2 Å². The summed E-state index contributed by atoms with van der Waals surface area (Å²) in [5.74, 6) is 0.825. The third-order valence-electron chi connectivity index (χ3n) is 4.18. The van der Waals surface area contributed by atoms with Gasteiger partial charge in [-0.1, -0.05) is 26.7 Å². The maximum absolute atomic E-state index is 5.91. The largest absolute Gasteiger partial charge is 0.397 e. The van der Waals surface area contributed by atoms with Crippen LogP contribution in [-0.4, -0.2) is 34.7 Å². The lowest BCUT2D eigenvalue weighted by molar-refractivity contribution is 0.194. The number of epoxide rings is 1. The fraction of sp³-hybridized carbons (Fsp3) is 1.00. The Bertz CT molecular complexity index is 242. The van der Waals surface area contributed by atoms with Crippen molar-refractivity contribution in [2.24, 2.45) is 5.92 Å². The molecule has 0 radical (unpaired) electrons. The Hall–Kier alpha value is 0.0969. The molecule has 0 amide bonds. The molecule has 4 heteroatoms. The molecule has 19 heavy (non-hydrogen) atoms. The summed E-state index contributed by atoms with van der Waals surface area (Å²) in [6, 6.07) is 1.17. The first-order valence-corrected chi connectivity index (χ1v) is 9.99. The van der Waals surface area contributed by atoms with Gasteiger partial charge in [-0.15, -0.1) is 0 Å². The van der Waals surface area contributed by atoms with Gasteiger partial charge in [0.25, 0.3) is 0 Å². The second kappa shape index (κ2) is 8.40. The van der Waals surface area contributed by atoms with Crippen LogP contribution in [0.2, 0.25) is 6.04 Å². The van der Waals surface area contributed by atoms with E-state index in [4.69, 9.17) is 13.6 Å². The van der Waals surface area contributed by atoms with Gasteiger partial charge in [-0.3, -0.25) is 0 Å². The van der Waals surface area contributed by atoms with Crippen molar-refractivity contribution in [3.8, 4) is 0 Å². The van der Waals surface area contributed by atoms with E-state index in [2.05, 4.69) is 13.8 Å². The molecule has 1 aliphatic carbocycles. The summed E-state index contributed by atoms with van der Waals surface area (Å²) in [7, 11) is -1.39. The zero-order valence-corrected chi connectivity index (χ0v) is 13.8. The van der Waals surface area contributed by atoms with Crippen LogP contribution in [0.15, 0.2) is 0 Å². The lowest BCUT2D eigenvalue weighted by Crippen LogP contribution is -2.24. The van der Waals surface area contributed by atoms with E-state index in [1.54, 1.807) is 0 Å². The number of ether oxygens (including phenoxy) is 1. The maximum Gasteiger partial charge on any atom is 0.321 e. The van der Waals surface area contributed by atoms with Crippen LogP contribution in [0.1, 0.15) is 58.8 Å². The molecule has 3 atom stereocenters. The Morgan fingerprint density at radius 1 is 1.11 bits per heavy atom. The Kier molecular flexibility index (Phi) is 6.84. The van der Waals surface area contributed by atoms with Crippen molar-refractivity contribution in [3.05, 3.63) is 0 Å². The average Bonchev–Trinajstić information content (AvgIpc) is 3.21. The number of hydrogen-bond donors (Lipinski definition) is 0. The Labute approximate surface area is 119 Å². The first-order valence-electron chi connectivity index (χ1n) is 8.23. The van der Waals surface area contributed by atoms with E-state index in [1.165, 1.54) is 38.1 Å². The SMILES string of the molecule is CCCO[SiH](CCCC1CCCC2OC12)OCCC. The third-order valence-corrected chi connectivity index (χ3v) is 6.28. The van der Waals surface area contributed by atoms with Crippen LogP contribution >= 0.6 is 0 Å². The fourth-order valence-electron chi connectivity index (χ4n) is 3.12. The normalized spacial score (nSPS) is 29.5. The molecule has 1 saturated heterocycles. The van der Waals surface area contributed by atoms with Gasteiger partial charge in [0, 0.05) is 13.2 Å². The smallest absolute Gasteiger partial charge is 0.321 e. The van der Waals surface area contributed by atoms with E-state index in [1.807, 2.05) is 0 Å². The zero-order chi connectivity index (χ0) is 13.5. The molecule has 2 aliphatic rings. The molecule has 0 aromatic carbocycles. The van der Waals surface area contributed by atoms with E-state index in [0.717, 1.165) is 32.0 Å². The van der Waals surface area contributed by atoms with Crippen LogP contribution in [0.4, 0.5) is 0 Å². The summed E-state index contributed by atoms with van der Waals surface area (Å²) < 4.78 is 17.5. The predicted molar refractivity (Wildman–Crippen MR) is 79.7 cm³/mol. The van der Waals surface area contributed by atoms with Crippen molar-refractivity contribution >= 4 is 9.28 Å². The molecule has 0 aromatic heterocycles. The fourth-order valence-corrected chi connectivity index (χ4v) is 5.11. The molecule has 2 fully saturated rings. The Balaban J connectivity index is 1.60. The highest BCUT2D eigenvalue weighted by Gasteiger charge is 2.46. The number of rotatable bonds is 10. The van der Waals surface area contributed by atoms with Crippen LogP contribution in [0, 0.1) is 5.92 Å². The van der Waals surface area contributed by atoms with E-state index in [9.17, 15) is 0 Å². The summed E-state index contributed by atoms with van der Waals surface area (Å²) in [5.41, 5.74) is 0. The monoisotopic (exact) mass is 286 g/mol. The van der Waals surface area contributed by atoms with E-state index >= 15 is 0 Å². The lowest BCUT2D eigenvalue weighted by Gasteiger charge is -2.20. The molecule has 3 nitrogen and oxygen atoms in total. The van der Waals surface area contributed by atoms with Crippen molar-refractivity contribution in [3.63, 3.8) is 0 Å². The molecule has 3 unspecified atom stereocenters. The Morgan fingerprint density at radius 3 is 2.53 bits per heavy atom. The summed E-state index contributed by atoms with van der Waals surface area (Å²) in [4.78, 5) is 0. The van der Waals surface area contributed by atoms with Crippen LogP contribution < -0.4 is 0 Å². The van der Waals surface area contributed by atoms with Crippen molar-refractivity contribution in [1.82, 2.24) is 0 Å².